The zero-order valence-electron chi connectivity index (χ0n) is 10.4. The summed E-state index contributed by atoms with van der Waals surface area (Å²) in [6, 6.07) is 6.09. The van der Waals surface area contributed by atoms with Gasteiger partial charge in [0.15, 0.2) is 17.2 Å². The highest BCUT2D eigenvalue weighted by Crippen LogP contribution is 2.24. The number of hydrogen-bond acceptors (Lipinski definition) is 5. The summed E-state index contributed by atoms with van der Waals surface area (Å²) in [7, 11) is 0. The number of nitrogens with zero attached hydrogens (tertiary/aromatic N) is 1. The van der Waals surface area contributed by atoms with E-state index in [-0.39, 0.29) is 17.1 Å². The van der Waals surface area contributed by atoms with E-state index in [0.717, 1.165) is 5.01 Å². The van der Waals surface area contributed by atoms with Crippen molar-refractivity contribution >= 4 is 28.1 Å². The zero-order valence-corrected chi connectivity index (χ0v) is 11.2. The largest absolute Gasteiger partial charge is 0.449 e. The second kappa shape index (κ2) is 5.15. The highest BCUT2D eigenvalue weighted by Gasteiger charge is 2.18. The van der Waals surface area contributed by atoms with Crippen LogP contribution in [-0.2, 0) is 6.42 Å². The molecule has 4 nitrogen and oxygen atoms in total. The first-order chi connectivity index (χ1) is 9.69. The summed E-state index contributed by atoms with van der Waals surface area (Å²) < 4.78 is 18.8. The molecular formula is C14H11FN2O2S. The van der Waals surface area contributed by atoms with Crippen LogP contribution < -0.4 is 5.73 Å². The Morgan fingerprint density at radius 2 is 2.30 bits per heavy atom. The minimum atomic E-state index is -0.483. The van der Waals surface area contributed by atoms with E-state index in [1.54, 1.807) is 17.5 Å². The number of hydrogen-bond donors (Lipinski definition) is 1. The minimum absolute atomic E-state index is 0.0910. The summed E-state index contributed by atoms with van der Waals surface area (Å²) in [5, 5.41) is 3.03. The van der Waals surface area contributed by atoms with Gasteiger partial charge in [-0.25, -0.2) is 9.37 Å². The number of benzene rings is 1. The predicted octanol–water partition coefficient (Wildman–Crippen LogP) is 2.76. The molecular weight excluding hydrogens is 279 g/mol. The van der Waals surface area contributed by atoms with Gasteiger partial charge in [-0.2, -0.15) is 0 Å². The molecule has 0 aliphatic heterocycles. The third kappa shape index (κ3) is 2.23. The van der Waals surface area contributed by atoms with Gasteiger partial charge in [0.1, 0.15) is 5.69 Å². The maximum absolute atomic E-state index is 13.5. The lowest BCUT2D eigenvalue weighted by atomic mass is 10.2. The fourth-order valence-corrected chi connectivity index (χ4v) is 2.71. The lowest BCUT2D eigenvalue weighted by molar-refractivity contribution is 0.101. The van der Waals surface area contributed by atoms with Gasteiger partial charge in [0.25, 0.3) is 0 Å². The molecule has 0 unspecified atom stereocenters. The Morgan fingerprint density at radius 3 is 3.05 bits per heavy atom. The molecule has 3 aromatic rings. The molecule has 1 aromatic carbocycles. The molecule has 0 spiro atoms. The molecule has 0 saturated heterocycles. The molecule has 0 fully saturated rings. The maximum atomic E-state index is 13.5. The molecule has 3 rings (SSSR count). The standard InChI is InChI=1S/C14H11FN2O2S/c15-9-3-1-2-8-6-11(19-14(8)9)13(18)10-7-20-12(17-10)4-5-16/h1-3,6-7H,4-5,16H2. The molecule has 2 heterocycles. The Balaban J connectivity index is 1.97. The molecule has 0 bridgehead atoms. The van der Waals surface area contributed by atoms with Crippen LogP contribution in [0.25, 0.3) is 11.0 Å². The van der Waals surface area contributed by atoms with Gasteiger partial charge in [-0.15, -0.1) is 11.3 Å². The average molecular weight is 290 g/mol. The van der Waals surface area contributed by atoms with E-state index in [2.05, 4.69) is 4.98 Å². The molecule has 2 N–H and O–H groups in total. The first kappa shape index (κ1) is 13.0. The first-order valence-electron chi connectivity index (χ1n) is 6.06. The summed E-state index contributed by atoms with van der Waals surface area (Å²) >= 11 is 1.38. The number of thiazole rings is 1. The minimum Gasteiger partial charge on any atom is -0.449 e. The van der Waals surface area contributed by atoms with E-state index in [1.807, 2.05) is 0 Å². The lowest BCUT2D eigenvalue weighted by Crippen LogP contribution is -2.04. The Bertz CT molecular complexity index is 778. The summed E-state index contributed by atoms with van der Waals surface area (Å²) in [6.07, 6.45) is 0.632. The van der Waals surface area contributed by atoms with Gasteiger partial charge >= 0.3 is 0 Å². The van der Waals surface area contributed by atoms with Crippen molar-refractivity contribution in [2.75, 3.05) is 6.54 Å². The van der Waals surface area contributed by atoms with Crippen LogP contribution in [0.1, 0.15) is 21.3 Å². The number of halogens is 1. The number of para-hydroxylation sites is 1. The monoisotopic (exact) mass is 290 g/mol. The van der Waals surface area contributed by atoms with E-state index in [1.165, 1.54) is 23.5 Å². The molecule has 0 atom stereocenters. The van der Waals surface area contributed by atoms with Crippen LogP contribution in [0.4, 0.5) is 4.39 Å². The van der Waals surface area contributed by atoms with Gasteiger partial charge < -0.3 is 10.2 Å². The Labute approximate surface area is 118 Å². The third-order valence-electron chi connectivity index (χ3n) is 2.86. The normalized spacial score (nSPS) is 11.1. The number of furan rings is 1. The van der Waals surface area contributed by atoms with Crippen LogP contribution in [0.2, 0.25) is 0 Å². The van der Waals surface area contributed by atoms with Crippen LogP contribution in [0, 0.1) is 5.82 Å². The molecule has 102 valence electrons. The van der Waals surface area contributed by atoms with E-state index >= 15 is 0 Å². The van der Waals surface area contributed by atoms with Crippen LogP contribution in [0.15, 0.2) is 34.1 Å². The van der Waals surface area contributed by atoms with Crippen LogP contribution in [0.3, 0.4) is 0 Å². The van der Waals surface area contributed by atoms with E-state index in [9.17, 15) is 9.18 Å². The molecule has 0 aliphatic carbocycles. The van der Waals surface area contributed by atoms with Crippen molar-refractivity contribution in [3.05, 3.63) is 51.9 Å². The van der Waals surface area contributed by atoms with Gasteiger partial charge in [0.2, 0.25) is 5.78 Å². The van der Waals surface area contributed by atoms with Crippen molar-refractivity contribution in [3.8, 4) is 0 Å². The smallest absolute Gasteiger partial charge is 0.247 e. The number of carbonyl (C=O) groups excluding carboxylic acids is 1. The first-order valence-corrected chi connectivity index (χ1v) is 6.94. The second-order valence-electron chi connectivity index (χ2n) is 4.26. The number of ketones is 1. The number of fused-ring (bicyclic) bond motifs is 1. The van der Waals surface area contributed by atoms with Gasteiger partial charge in [0, 0.05) is 17.2 Å². The molecule has 0 aliphatic rings. The summed E-state index contributed by atoms with van der Waals surface area (Å²) in [5.74, 6) is -0.738. The topological polar surface area (TPSA) is 69.1 Å². The summed E-state index contributed by atoms with van der Waals surface area (Å²) in [5.41, 5.74) is 5.84. The Morgan fingerprint density at radius 1 is 1.45 bits per heavy atom. The molecule has 6 heteroatoms. The SMILES string of the molecule is NCCc1nc(C(=O)c2cc3cccc(F)c3o2)cs1. The molecule has 0 saturated carbocycles. The number of rotatable bonds is 4. The van der Waals surface area contributed by atoms with Crippen LogP contribution in [-0.4, -0.2) is 17.3 Å². The molecule has 0 amide bonds. The summed E-state index contributed by atoms with van der Waals surface area (Å²) in [4.78, 5) is 16.4. The van der Waals surface area contributed by atoms with E-state index in [4.69, 9.17) is 10.2 Å². The Hall–Kier alpha value is -2.05. The van der Waals surface area contributed by atoms with E-state index < -0.39 is 5.82 Å². The average Bonchev–Trinajstić information content (AvgIpc) is 3.05. The number of nitrogens with two attached hydrogens (primary N) is 1. The van der Waals surface area contributed by atoms with Gasteiger partial charge in [0.05, 0.1) is 5.01 Å². The van der Waals surface area contributed by atoms with Crippen LogP contribution in [0.5, 0.6) is 0 Å². The van der Waals surface area contributed by atoms with Crippen molar-refractivity contribution in [1.82, 2.24) is 4.98 Å². The molecule has 2 aromatic heterocycles. The predicted molar refractivity (Wildman–Crippen MR) is 74.5 cm³/mol. The van der Waals surface area contributed by atoms with Gasteiger partial charge in [-0.05, 0) is 18.7 Å². The number of aromatic nitrogens is 1. The number of carbonyl (C=O) groups is 1. The highest BCUT2D eigenvalue weighted by molar-refractivity contribution is 7.09. The fourth-order valence-electron chi connectivity index (χ4n) is 1.92. The second-order valence-corrected chi connectivity index (χ2v) is 5.21. The van der Waals surface area contributed by atoms with Crippen molar-refractivity contribution in [2.24, 2.45) is 5.73 Å². The van der Waals surface area contributed by atoms with Crippen LogP contribution >= 0.6 is 11.3 Å². The fraction of sp³-hybridized carbons (Fsp3) is 0.143. The maximum Gasteiger partial charge on any atom is 0.247 e. The summed E-state index contributed by atoms with van der Waals surface area (Å²) in [6.45, 7) is 0.483. The van der Waals surface area contributed by atoms with E-state index in [0.29, 0.717) is 24.0 Å². The van der Waals surface area contributed by atoms with Crippen molar-refractivity contribution < 1.29 is 13.6 Å². The molecule has 0 radical (unpaired) electrons. The Kier molecular flexibility index (Phi) is 3.33. The van der Waals surface area contributed by atoms with Gasteiger partial charge in [-0.1, -0.05) is 12.1 Å². The molecule has 20 heavy (non-hydrogen) atoms. The quantitative estimate of drug-likeness (QED) is 0.750. The highest BCUT2D eigenvalue weighted by atomic mass is 32.1. The van der Waals surface area contributed by atoms with Gasteiger partial charge in [-0.3, -0.25) is 4.79 Å². The van der Waals surface area contributed by atoms with Crippen molar-refractivity contribution in [2.45, 2.75) is 6.42 Å². The zero-order chi connectivity index (χ0) is 14.1. The van der Waals surface area contributed by atoms with Crippen molar-refractivity contribution in [3.63, 3.8) is 0 Å². The lowest BCUT2D eigenvalue weighted by Gasteiger charge is -1.92. The third-order valence-corrected chi connectivity index (χ3v) is 3.77. The van der Waals surface area contributed by atoms with Crippen molar-refractivity contribution in [1.29, 1.82) is 0 Å².